The minimum atomic E-state index is -0.952. The molecule has 28 heavy (non-hydrogen) atoms. The number of hydrogen-bond acceptors (Lipinski definition) is 2. The van der Waals surface area contributed by atoms with Gasteiger partial charge < -0.3 is 15.8 Å². The van der Waals surface area contributed by atoms with E-state index in [0.29, 0.717) is 17.5 Å². The van der Waals surface area contributed by atoms with Crippen molar-refractivity contribution in [3.8, 4) is 22.7 Å². The quantitative estimate of drug-likeness (QED) is 0.639. The fraction of sp³-hybridized carbons (Fsp3) is 0.227. The molecule has 0 atom stereocenters. The molecule has 0 fully saturated rings. The van der Waals surface area contributed by atoms with Crippen LogP contribution in [0.15, 0.2) is 54.6 Å². The number of nitrogens with zero attached hydrogens (tertiary/aromatic N) is 1. The zero-order valence-corrected chi connectivity index (χ0v) is 19.3. The van der Waals surface area contributed by atoms with Gasteiger partial charge in [-0.05, 0) is 61.4 Å². The number of ether oxygens (including phenoxy) is 1. The SMILES string of the molecule is Cc1ccc(-c2cc(Cl)ccc2OCC(C)C)n1-c1cccc(C(=O)O)c1.[H-].[Na+]. The first kappa shape index (κ1) is 22.6. The number of halogens is 1. The molecular weight excluding hydrogens is 385 g/mol. The number of rotatable bonds is 6. The second kappa shape index (κ2) is 9.66. The fourth-order valence-electron chi connectivity index (χ4n) is 2.95. The van der Waals surface area contributed by atoms with Crippen LogP contribution in [0.5, 0.6) is 5.75 Å². The van der Waals surface area contributed by atoms with E-state index in [9.17, 15) is 9.90 Å². The van der Waals surface area contributed by atoms with E-state index in [4.69, 9.17) is 16.3 Å². The molecule has 142 valence electrons. The van der Waals surface area contributed by atoms with Gasteiger partial charge in [-0.1, -0.05) is 31.5 Å². The number of benzene rings is 2. The Labute approximate surface area is 193 Å². The summed E-state index contributed by atoms with van der Waals surface area (Å²) in [6.45, 7) is 6.78. The first-order chi connectivity index (χ1) is 12.9. The number of carboxylic acid groups (broad SMARTS) is 1. The zero-order valence-electron chi connectivity index (χ0n) is 17.6. The molecule has 0 unspecified atom stereocenters. The van der Waals surface area contributed by atoms with Crippen molar-refractivity contribution in [1.82, 2.24) is 4.57 Å². The predicted molar refractivity (Wildman–Crippen MR) is 109 cm³/mol. The van der Waals surface area contributed by atoms with Crippen molar-refractivity contribution in [2.24, 2.45) is 5.92 Å². The third-order valence-corrected chi connectivity index (χ3v) is 4.45. The van der Waals surface area contributed by atoms with Crippen LogP contribution in [0.25, 0.3) is 16.9 Å². The third kappa shape index (κ3) is 5.00. The zero-order chi connectivity index (χ0) is 19.6. The van der Waals surface area contributed by atoms with Gasteiger partial charge in [0.25, 0.3) is 0 Å². The van der Waals surface area contributed by atoms with Crippen molar-refractivity contribution in [2.75, 3.05) is 6.61 Å². The molecule has 0 spiro atoms. The predicted octanol–water partition coefficient (Wildman–Crippen LogP) is 2.96. The average Bonchev–Trinajstić information content (AvgIpc) is 3.02. The first-order valence-corrected chi connectivity index (χ1v) is 9.19. The van der Waals surface area contributed by atoms with Crippen molar-refractivity contribution in [2.45, 2.75) is 20.8 Å². The van der Waals surface area contributed by atoms with Crippen LogP contribution in [0.2, 0.25) is 5.02 Å². The molecule has 0 saturated heterocycles. The van der Waals surface area contributed by atoms with Gasteiger partial charge in [-0.2, -0.15) is 0 Å². The van der Waals surface area contributed by atoms with Crippen LogP contribution in [-0.2, 0) is 0 Å². The van der Waals surface area contributed by atoms with Gasteiger partial charge in [-0.15, -0.1) is 0 Å². The molecular formula is C22H23ClNNaO3. The summed E-state index contributed by atoms with van der Waals surface area (Å²) >= 11 is 6.26. The summed E-state index contributed by atoms with van der Waals surface area (Å²) < 4.78 is 8.02. The third-order valence-electron chi connectivity index (χ3n) is 4.22. The Morgan fingerprint density at radius 3 is 2.61 bits per heavy atom. The molecule has 0 bridgehead atoms. The van der Waals surface area contributed by atoms with Gasteiger partial charge in [-0.3, -0.25) is 0 Å². The molecule has 0 aliphatic carbocycles. The molecule has 0 amide bonds. The molecule has 0 saturated carbocycles. The Morgan fingerprint density at radius 2 is 1.93 bits per heavy atom. The van der Waals surface area contributed by atoms with E-state index in [1.54, 1.807) is 18.2 Å². The summed E-state index contributed by atoms with van der Waals surface area (Å²) in [5.74, 6) is 0.197. The average molecular weight is 408 g/mol. The summed E-state index contributed by atoms with van der Waals surface area (Å²) in [4.78, 5) is 11.4. The van der Waals surface area contributed by atoms with Crippen molar-refractivity contribution in [3.05, 3.63) is 70.9 Å². The molecule has 1 N–H and O–H groups in total. The minimum absolute atomic E-state index is 0. The normalized spacial score (nSPS) is 10.6. The van der Waals surface area contributed by atoms with Crippen LogP contribution in [0.1, 0.15) is 31.3 Å². The van der Waals surface area contributed by atoms with Crippen molar-refractivity contribution in [1.29, 1.82) is 0 Å². The second-order valence-electron chi connectivity index (χ2n) is 6.90. The van der Waals surface area contributed by atoms with E-state index in [-0.39, 0.29) is 36.5 Å². The summed E-state index contributed by atoms with van der Waals surface area (Å²) in [7, 11) is 0. The maximum atomic E-state index is 11.4. The number of aromatic carboxylic acids is 1. The molecule has 1 heterocycles. The van der Waals surface area contributed by atoms with Gasteiger partial charge in [0.2, 0.25) is 0 Å². The number of aryl methyl sites for hydroxylation is 1. The summed E-state index contributed by atoms with van der Waals surface area (Å²) in [5, 5.41) is 9.94. The Balaban J connectivity index is 0.00000210. The minimum Gasteiger partial charge on any atom is -1.00 e. The molecule has 3 aromatic rings. The first-order valence-electron chi connectivity index (χ1n) is 8.81. The van der Waals surface area contributed by atoms with Gasteiger partial charge in [0, 0.05) is 22.0 Å². The Kier molecular flexibility index (Phi) is 7.79. The van der Waals surface area contributed by atoms with Gasteiger partial charge in [0.1, 0.15) is 5.75 Å². The van der Waals surface area contributed by atoms with Crippen LogP contribution in [0.4, 0.5) is 0 Å². The van der Waals surface area contributed by atoms with Crippen molar-refractivity contribution < 1.29 is 45.6 Å². The van der Waals surface area contributed by atoms with Crippen LogP contribution in [0, 0.1) is 12.8 Å². The Morgan fingerprint density at radius 1 is 1.18 bits per heavy atom. The molecule has 0 aliphatic rings. The van der Waals surface area contributed by atoms with Gasteiger partial charge in [0.05, 0.1) is 17.9 Å². The Hall–Kier alpha value is -1.72. The fourth-order valence-corrected chi connectivity index (χ4v) is 3.13. The van der Waals surface area contributed by atoms with Gasteiger partial charge in [-0.25, -0.2) is 4.79 Å². The molecule has 6 heteroatoms. The van der Waals surface area contributed by atoms with E-state index >= 15 is 0 Å². The summed E-state index contributed by atoms with van der Waals surface area (Å²) in [6.07, 6.45) is 0. The second-order valence-corrected chi connectivity index (χ2v) is 7.33. The maximum Gasteiger partial charge on any atom is 1.00 e. The van der Waals surface area contributed by atoms with Crippen molar-refractivity contribution in [3.63, 3.8) is 0 Å². The molecule has 0 radical (unpaired) electrons. The largest absolute Gasteiger partial charge is 1.00 e. The van der Waals surface area contributed by atoms with Crippen LogP contribution in [0.3, 0.4) is 0 Å². The van der Waals surface area contributed by atoms with E-state index in [0.717, 1.165) is 28.4 Å². The maximum absolute atomic E-state index is 11.4. The van der Waals surface area contributed by atoms with Crippen LogP contribution < -0.4 is 34.3 Å². The number of hydrogen-bond donors (Lipinski definition) is 1. The van der Waals surface area contributed by atoms with Crippen LogP contribution in [-0.4, -0.2) is 22.2 Å². The number of carbonyl (C=O) groups is 1. The van der Waals surface area contributed by atoms with Gasteiger partial charge in [0.15, 0.2) is 0 Å². The molecule has 0 aliphatic heterocycles. The topological polar surface area (TPSA) is 51.5 Å². The smallest absolute Gasteiger partial charge is 1.00 e. The van der Waals surface area contributed by atoms with E-state index < -0.39 is 5.97 Å². The molecule has 1 aromatic heterocycles. The molecule has 3 rings (SSSR count). The van der Waals surface area contributed by atoms with Crippen molar-refractivity contribution >= 4 is 17.6 Å². The number of aromatic nitrogens is 1. The summed E-state index contributed by atoms with van der Waals surface area (Å²) in [5.41, 5.74) is 3.78. The summed E-state index contributed by atoms with van der Waals surface area (Å²) in [6, 6.07) is 16.4. The van der Waals surface area contributed by atoms with E-state index in [2.05, 4.69) is 13.8 Å². The Bertz CT molecular complexity index is 988. The van der Waals surface area contributed by atoms with E-state index in [1.165, 1.54) is 0 Å². The van der Waals surface area contributed by atoms with E-state index in [1.807, 2.05) is 47.9 Å². The molecule has 4 nitrogen and oxygen atoms in total. The number of carboxylic acids is 1. The van der Waals surface area contributed by atoms with Gasteiger partial charge >= 0.3 is 35.5 Å². The molecule has 2 aromatic carbocycles. The van der Waals surface area contributed by atoms with Crippen LogP contribution >= 0.6 is 11.6 Å². The standard InChI is InChI=1S/C22H22ClNO3.Na.H/c1-14(2)13-27-21-10-8-17(23)12-19(21)20-9-7-15(3)24(20)18-6-4-5-16(11-18)22(25)26;;/h4-12,14H,13H2,1-3H3,(H,25,26);;/q;+1;-1. The monoisotopic (exact) mass is 407 g/mol.